The number of alkyl halides is 3. The number of hydrogen-bond acceptors (Lipinski definition) is 5. The SMILES string of the molecule is COc1ccc(C23CCC(NC(=O)Nc4ccc(-c5ccccc5)cc4)CC2N(C)CC3)cc1OC.O=C(O)C(F)(F)F. The Morgan fingerprint density at radius 3 is 2.16 bits per heavy atom. The molecule has 1 aliphatic heterocycles. The number of nitrogens with zero attached hydrogens (tertiary/aromatic N) is 1. The molecule has 0 radical (unpaired) electrons. The Labute approximate surface area is 248 Å². The predicted octanol–water partition coefficient (Wildman–Crippen LogP) is 6.32. The molecular formula is C32H36F3N3O5. The fraction of sp³-hybridized carbons (Fsp3) is 0.375. The van der Waals surface area contributed by atoms with Gasteiger partial charge in [0.2, 0.25) is 0 Å². The highest BCUT2D eigenvalue weighted by Gasteiger charge is 2.50. The van der Waals surface area contributed by atoms with Gasteiger partial charge in [-0.3, -0.25) is 0 Å². The first kappa shape index (κ1) is 31.7. The zero-order valence-corrected chi connectivity index (χ0v) is 24.3. The van der Waals surface area contributed by atoms with Crippen LogP contribution in [0, 0.1) is 0 Å². The van der Waals surface area contributed by atoms with E-state index in [0.717, 1.165) is 60.5 Å². The van der Waals surface area contributed by atoms with Gasteiger partial charge in [-0.15, -0.1) is 0 Å². The Morgan fingerprint density at radius 1 is 0.930 bits per heavy atom. The Balaban J connectivity index is 0.000000541. The van der Waals surface area contributed by atoms with Crippen molar-refractivity contribution in [1.82, 2.24) is 10.2 Å². The molecular weight excluding hydrogens is 563 g/mol. The topological polar surface area (TPSA) is 100 Å². The average Bonchev–Trinajstić information content (AvgIpc) is 3.34. The average molecular weight is 600 g/mol. The van der Waals surface area contributed by atoms with Gasteiger partial charge in [-0.2, -0.15) is 13.2 Å². The van der Waals surface area contributed by atoms with Crippen LogP contribution in [-0.4, -0.2) is 68.1 Å². The number of methoxy groups -OCH3 is 2. The molecule has 0 bridgehead atoms. The molecule has 11 heteroatoms. The number of rotatable bonds is 6. The van der Waals surface area contributed by atoms with E-state index in [9.17, 15) is 18.0 Å². The van der Waals surface area contributed by atoms with Crippen LogP contribution in [0.4, 0.5) is 23.7 Å². The van der Waals surface area contributed by atoms with Gasteiger partial charge < -0.3 is 30.1 Å². The number of benzene rings is 3. The number of urea groups is 1. The van der Waals surface area contributed by atoms with E-state index in [1.165, 1.54) is 5.56 Å². The number of likely N-dealkylation sites (tertiary alicyclic amines) is 1. The number of carboxylic acid groups (broad SMARTS) is 1. The number of likely N-dealkylation sites (N-methyl/N-ethyl adjacent to an activating group) is 1. The minimum atomic E-state index is -5.08. The number of carboxylic acids is 1. The Kier molecular flexibility index (Phi) is 9.85. The third-order valence-corrected chi connectivity index (χ3v) is 8.31. The number of ether oxygens (including phenoxy) is 2. The van der Waals surface area contributed by atoms with E-state index in [1.54, 1.807) is 14.2 Å². The van der Waals surface area contributed by atoms with Gasteiger partial charge in [0.15, 0.2) is 11.5 Å². The van der Waals surface area contributed by atoms with E-state index in [0.29, 0.717) is 6.04 Å². The number of hydrogen-bond donors (Lipinski definition) is 3. The molecule has 1 aliphatic carbocycles. The number of nitrogens with one attached hydrogen (secondary N) is 2. The van der Waals surface area contributed by atoms with Gasteiger partial charge in [-0.05, 0) is 80.2 Å². The first-order chi connectivity index (χ1) is 20.5. The van der Waals surface area contributed by atoms with Crippen molar-refractivity contribution in [2.75, 3.05) is 33.1 Å². The van der Waals surface area contributed by atoms with E-state index in [1.807, 2.05) is 48.5 Å². The Morgan fingerprint density at radius 2 is 1.56 bits per heavy atom. The van der Waals surface area contributed by atoms with Crippen molar-refractivity contribution in [1.29, 1.82) is 0 Å². The Hall–Kier alpha value is -4.25. The third-order valence-electron chi connectivity index (χ3n) is 8.31. The minimum absolute atomic E-state index is 0.0657. The summed E-state index contributed by atoms with van der Waals surface area (Å²) in [5, 5.41) is 13.4. The molecule has 43 heavy (non-hydrogen) atoms. The highest BCUT2D eigenvalue weighted by atomic mass is 19.4. The molecule has 2 fully saturated rings. The van der Waals surface area contributed by atoms with Crippen LogP contribution in [0.2, 0.25) is 0 Å². The maximum Gasteiger partial charge on any atom is 0.490 e. The molecule has 3 N–H and O–H groups in total. The van der Waals surface area contributed by atoms with Crippen LogP contribution in [0.5, 0.6) is 11.5 Å². The molecule has 3 aromatic rings. The second-order valence-electron chi connectivity index (χ2n) is 10.8. The summed E-state index contributed by atoms with van der Waals surface area (Å²) in [4.78, 5) is 24.2. The zero-order valence-electron chi connectivity index (χ0n) is 24.3. The quantitative estimate of drug-likeness (QED) is 0.307. The standard InChI is InChI=1S/C30H35N3O3.C2HF3O2/c1-33-18-17-30(23-11-14-26(35-2)27(19-23)36-3)16-15-25(20-28(30)33)32-29(34)31-24-12-9-22(10-13-24)21-7-5-4-6-8-21;3-2(4,5)1(6)7/h4-14,19,25,28H,15-18,20H2,1-3H3,(H2,31,32,34);(H,6,7). The summed E-state index contributed by atoms with van der Waals surface area (Å²) in [6.07, 6.45) is -1.09. The molecule has 8 nitrogen and oxygen atoms in total. The lowest BCUT2D eigenvalue weighted by Gasteiger charge is -2.45. The fourth-order valence-corrected chi connectivity index (χ4v) is 6.12. The van der Waals surface area contributed by atoms with Crippen molar-refractivity contribution >= 4 is 17.7 Å². The van der Waals surface area contributed by atoms with Gasteiger partial charge >= 0.3 is 18.2 Å². The van der Waals surface area contributed by atoms with E-state index in [4.69, 9.17) is 19.4 Å². The summed E-state index contributed by atoms with van der Waals surface area (Å²) < 4.78 is 42.8. The lowest BCUT2D eigenvalue weighted by atomic mass is 9.65. The summed E-state index contributed by atoms with van der Waals surface area (Å²) in [5.74, 6) is -1.23. The van der Waals surface area contributed by atoms with Crippen molar-refractivity contribution in [2.45, 2.75) is 49.4 Å². The van der Waals surface area contributed by atoms with Gasteiger partial charge in [0.05, 0.1) is 14.2 Å². The van der Waals surface area contributed by atoms with E-state index < -0.39 is 12.1 Å². The fourth-order valence-electron chi connectivity index (χ4n) is 6.12. The molecule has 5 rings (SSSR count). The predicted molar refractivity (Wildman–Crippen MR) is 158 cm³/mol. The lowest BCUT2D eigenvalue weighted by Crippen LogP contribution is -2.52. The highest BCUT2D eigenvalue weighted by molar-refractivity contribution is 5.89. The Bertz CT molecular complexity index is 1400. The van der Waals surface area contributed by atoms with Gasteiger partial charge in [-0.25, -0.2) is 9.59 Å². The van der Waals surface area contributed by atoms with Crippen molar-refractivity contribution in [2.24, 2.45) is 0 Å². The van der Waals surface area contributed by atoms with Crippen molar-refractivity contribution in [3.63, 3.8) is 0 Å². The summed E-state index contributed by atoms with van der Waals surface area (Å²) >= 11 is 0. The first-order valence-corrected chi connectivity index (χ1v) is 13.9. The second-order valence-corrected chi connectivity index (χ2v) is 10.8. The molecule has 2 amide bonds. The third kappa shape index (κ3) is 7.40. The number of aliphatic carboxylic acids is 1. The van der Waals surface area contributed by atoms with E-state index >= 15 is 0 Å². The van der Waals surface area contributed by atoms with Gasteiger partial charge in [0.1, 0.15) is 0 Å². The molecule has 0 aromatic heterocycles. The van der Waals surface area contributed by atoms with Gasteiger partial charge in [-0.1, -0.05) is 48.5 Å². The van der Waals surface area contributed by atoms with Crippen molar-refractivity contribution < 1.29 is 37.3 Å². The van der Waals surface area contributed by atoms with Crippen LogP contribution >= 0.6 is 0 Å². The highest BCUT2D eigenvalue weighted by Crippen LogP contribution is 2.49. The van der Waals surface area contributed by atoms with E-state index in [-0.39, 0.29) is 17.5 Å². The summed E-state index contributed by atoms with van der Waals surface area (Å²) in [6, 6.07) is 24.9. The van der Waals surface area contributed by atoms with Crippen LogP contribution < -0.4 is 20.1 Å². The molecule has 3 aromatic carbocycles. The number of amides is 2. The lowest BCUT2D eigenvalue weighted by molar-refractivity contribution is -0.192. The molecule has 3 atom stereocenters. The van der Waals surface area contributed by atoms with Crippen LogP contribution in [0.15, 0.2) is 72.8 Å². The first-order valence-electron chi connectivity index (χ1n) is 13.9. The molecule has 0 spiro atoms. The van der Waals surface area contributed by atoms with Crippen LogP contribution in [0.1, 0.15) is 31.2 Å². The molecule has 230 valence electrons. The van der Waals surface area contributed by atoms with Crippen LogP contribution in [0.3, 0.4) is 0 Å². The van der Waals surface area contributed by atoms with E-state index in [2.05, 4.69) is 46.8 Å². The number of halogens is 3. The summed E-state index contributed by atoms with van der Waals surface area (Å²) in [6.45, 7) is 1.05. The van der Waals surface area contributed by atoms with Crippen molar-refractivity contribution in [3.8, 4) is 22.6 Å². The molecule has 1 saturated carbocycles. The maximum atomic E-state index is 12.8. The minimum Gasteiger partial charge on any atom is -0.493 e. The normalized spacial score (nSPS) is 21.5. The molecule has 1 saturated heterocycles. The number of carbonyl (C=O) groups is 2. The largest absolute Gasteiger partial charge is 0.493 e. The van der Waals surface area contributed by atoms with Gasteiger partial charge in [0, 0.05) is 23.2 Å². The smallest absolute Gasteiger partial charge is 0.490 e. The molecule has 1 heterocycles. The monoisotopic (exact) mass is 599 g/mol. The maximum absolute atomic E-state index is 12.8. The van der Waals surface area contributed by atoms with Gasteiger partial charge in [0.25, 0.3) is 0 Å². The number of carbonyl (C=O) groups excluding carboxylic acids is 1. The van der Waals surface area contributed by atoms with Crippen molar-refractivity contribution in [3.05, 3.63) is 78.4 Å². The number of anilines is 1. The van der Waals surface area contributed by atoms with Crippen LogP contribution in [-0.2, 0) is 10.2 Å². The molecule has 3 unspecified atom stereocenters. The van der Waals surface area contributed by atoms with Crippen LogP contribution in [0.25, 0.3) is 11.1 Å². The second kappa shape index (κ2) is 13.4. The molecule has 2 aliphatic rings. The number of fused-ring (bicyclic) bond motifs is 1. The summed E-state index contributed by atoms with van der Waals surface area (Å²) in [7, 11) is 5.55. The summed E-state index contributed by atoms with van der Waals surface area (Å²) in [5.41, 5.74) is 4.45. The zero-order chi connectivity index (χ0) is 31.2.